The van der Waals surface area contributed by atoms with Crippen molar-refractivity contribution in [1.82, 2.24) is 0 Å². The maximum Gasteiger partial charge on any atom is 0.224 e. The number of ether oxygens (including phenoxy) is 1. The molecule has 0 bridgehead atoms. The fourth-order valence-corrected chi connectivity index (χ4v) is 2.76. The van der Waals surface area contributed by atoms with Crippen LogP contribution < -0.4 is 9.64 Å². The number of rotatable bonds is 5. The van der Waals surface area contributed by atoms with Gasteiger partial charge in [0.25, 0.3) is 0 Å². The molecule has 132 valence electrons. The van der Waals surface area contributed by atoms with E-state index < -0.39 is 5.82 Å². The molecule has 26 heavy (non-hydrogen) atoms. The molecule has 0 spiro atoms. The van der Waals surface area contributed by atoms with Crippen LogP contribution in [0.25, 0.3) is 0 Å². The number of carbonyl (C=O) groups excluding carboxylic acids is 1. The molecule has 3 aromatic rings. The Balaban J connectivity index is 1.99. The van der Waals surface area contributed by atoms with E-state index in [0.717, 1.165) is 5.56 Å². The highest BCUT2D eigenvalue weighted by atomic mass is 35.5. The summed E-state index contributed by atoms with van der Waals surface area (Å²) in [7, 11) is 0. The van der Waals surface area contributed by atoms with Crippen LogP contribution in [0.5, 0.6) is 11.5 Å². The van der Waals surface area contributed by atoms with Gasteiger partial charge in [0.05, 0.1) is 12.2 Å². The number of para-hydroxylation sites is 1. The fourth-order valence-electron chi connectivity index (χ4n) is 2.57. The number of hydrogen-bond acceptors (Lipinski definition) is 2. The van der Waals surface area contributed by atoms with Crippen LogP contribution in [0.1, 0.15) is 12.5 Å². The van der Waals surface area contributed by atoms with Crippen LogP contribution in [0.2, 0.25) is 5.02 Å². The molecule has 3 aromatic carbocycles. The number of benzene rings is 3. The van der Waals surface area contributed by atoms with E-state index in [4.69, 9.17) is 16.3 Å². The lowest BCUT2D eigenvalue weighted by molar-refractivity contribution is -0.116. The minimum absolute atomic E-state index is 0.212. The highest BCUT2D eigenvalue weighted by Crippen LogP contribution is 2.34. The summed E-state index contributed by atoms with van der Waals surface area (Å²) in [5.74, 6) is 0.292. The zero-order chi connectivity index (χ0) is 18.5. The predicted molar refractivity (Wildman–Crippen MR) is 101 cm³/mol. The molecular formula is C21H17ClFNO2. The van der Waals surface area contributed by atoms with Gasteiger partial charge in [0.1, 0.15) is 11.6 Å². The predicted octanol–water partition coefficient (Wildman–Crippen LogP) is 5.82. The van der Waals surface area contributed by atoms with Crippen molar-refractivity contribution < 1.29 is 13.9 Å². The number of halogens is 2. The van der Waals surface area contributed by atoms with Gasteiger partial charge in [-0.1, -0.05) is 48.0 Å². The van der Waals surface area contributed by atoms with Crippen molar-refractivity contribution in [3.05, 3.63) is 89.2 Å². The molecule has 0 radical (unpaired) electrons. The van der Waals surface area contributed by atoms with E-state index in [1.165, 1.54) is 30.0 Å². The number of carbonyl (C=O) groups is 1. The molecule has 0 aliphatic carbocycles. The first-order valence-electron chi connectivity index (χ1n) is 8.08. The summed E-state index contributed by atoms with van der Waals surface area (Å²) >= 11 is 6.22. The molecule has 1 amide bonds. The van der Waals surface area contributed by atoms with Crippen LogP contribution in [-0.2, 0) is 11.3 Å². The van der Waals surface area contributed by atoms with E-state index in [2.05, 4.69) is 0 Å². The second-order valence-corrected chi connectivity index (χ2v) is 6.13. The van der Waals surface area contributed by atoms with Crippen molar-refractivity contribution in [3.63, 3.8) is 0 Å². The Morgan fingerprint density at radius 2 is 1.73 bits per heavy atom. The first kappa shape index (κ1) is 18.0. The number of anilines is 1. The average molecular weight is 370 g/mol. The molecule has 0 atom stereocenters. The smallest absolute Gasteiger partial charge is 0.224 e. The third-order valence-electron chi connectivity index (χ3n) is 3.85. The van der Waals surface area contributed by atoms with Gasteiger partial charge in [0.2, 0.25) is 5.91 Å². The van der Waals surface area contributed by atoms with Gasteiger partial charge in [-0.05, 0) is 35.9 Å². The highest BCUT2D eigenvalue weighted by Gasteiger charge is 2.19. The van der Waals surface area contributed by atoms with Crippen LogP contribution in [0, 0.1) is 5.82 Å². The summed E-state index contributed by atoms with van der Waals surface area (Å²) in [5, 5.41) is 0.542. The molecule has 0 saturated heterocycles. The normalized spacial score (nSPS) is 10.4. The summed E-state index contributed by atoms with van der Waals surface area (Å²) in [5.41, 5.74) is 1.11. The monoisotopic (exact) mass is 369 g/mol. The SMILES string of the molecule is CC(=O)N(Cc1ccccc1Cl)c1cc(F)ccc1Oc1ccccc1. The molecule has 0 heterocycles. The van der Waals surface area contributed by atoms with Gasteiger partial charge in [-0.2, -0.15) is 0 Å². The van der Waals surface area contributed by atoms with Gasteiger partial charge in [0.15, 0.2) is 5.75 Å². The van der Waals surface area contributed by atoms with Crippen LogP contribution in [-0.4, -0.2) is 5.91 Å². The first-order chi connectivity index (χ1) is 12.5. The van der Waals surface area contributed by atoms with Crippen LogP contribution in [0.3, 0.4) is 0 Å². The number of nitrogens with zero attached hydrogens (tertiary/aromatic N) is 1. The quantitative estimate of drug-likeness (QED) is 0.566. The molecule has 0 aliphatic heterocycles. The van der Waals surface area contributed by atoms with E-state index in [1.54, 1.807) is 18.2 Å². The van der Waals surface area contributed by atoms with Crippen molar-refractivity contribution in [3.8, 4) is 11.5 Å². The minimum atomic E-state index is -0.453. The lowest BCUT2D eigenvalue weighted by atomic mass is 10.1. The fraction of sp³-hybridized carbons (Fsp3) is 0.0952. The third-order valence-corrected chi connectivity index (χ3v) is 4.22. The first-order valence-corrected chi connectivity index (χ1v) is 8.46. The average Bonchev–Trinajstić information content (AvgIpc) is 2.63. The Morgan fingerprint density at radius 1 is 1.04 bits per heavy atom. The van der Waals surface area contributed by atoms with E-state index in [1.807, 2.05) is 36.4 Å². The molecule has 0 unspecified atom stereocenters. The van der Waals surface area contributed by atoms with Crippen molar-refractivity contribution in [2.45, 2.75) is 13.5 Å². The molecule has 0 aliphatic rings. The molecule has 0 aromatic heterocycles. The van der Waals surface area contributed by atoms with E-state index >= 15 is 0 Å². The molecule has 5 heteroatoms. The van der Waals surface area contributed by atoms with Crippen LogP contribution in [0.4, 0.5) is 10.1 Å². The standard InChI is InChI=1S/C21H17ClFNO2/c1-15(25)24(14-16-7-5-6-10-19(16)22)20-13-17(23)11-12-21(20)26-18-8-3-2-4-9-18/h2-13H,14H2,1H3. The molecule has 3 rings (SSSR count). The van der Waals surface area contributed by atoms with E-state index in [0.29, 0.717) is 22.2 Å². The van der Waals surface area contributed by atoms with Crippen LogP contribution >= 0.6 is 11.6 Å². The lowest BCUT2D eigenvalue weighted by Crippen LogP contribution is -2.28. The Hall–Kier alpha value is -2.85. The Labute approximate surface area is 156 Å². The van der Waals surface area contributed by atoms with Gasteiger partial charge in [-0.3, -0.25) is 4.79 Å². The molecule has 0 N–H and O–H groups in total. The maximum absolute atomic E-state index is 13.9. The summed E-state index contributed by atoms with van der Waals surface area (Å²) in [6, 6.07) is 20.5. The Morgan fingerprint density at radius 3 is 2.42 bits per heavy atom. The number of amides is 1. The lowest BCUT2D eigenvalue weighted by Gasteiger charge is -2.24. The minimum Gasteiger partial charge on any atom is -0.455 e. The molecule has 3 nitrogen and oxygen atoms in total. The van der Waals surface area contributed by atoms with E-state index in [-0.39, 0.29) is 12.5 Å². The van der Waals surface area contributed by atoms with Crippen LogP contribution in [0.15, 0.2) is 72.8 Å². The van der Waals surface area contributed by atoms with Crippen molar-refractivity contribution in [1.29, 1.82) is 0 Å². The van der Waals surface area contributed by atoms with Crippen molar-refractivity contribution in [2.24, 2.45) is 0 Å². The largest absolute Gasteiger partial charge is 0.455 e. The van der Waals surface area contributed by atoms with Crippen molar-refractivity contribution in [2.75, 3.05) is 4.90 Å². The van der Waals surface area contributed by atoms with Gasteiger partial charge < -0.3 is 9.64 Å². The van der Waals surface area contributed by atoms with E-state index in [9.17, 15) is 9.18 Å². The second-order valence-electron chi connectivity index (χ2n) is 5.72. The number of hydrogen-bond donors (Lipinski definition) is 0. The maximum atomic E-state index is 13.9. The van der Waals surface area contributed by atoms with Gasteiger partial charge >= 0.3 is 0 Å². The summed E-state index contributed by atoms with van der Waals surface area (Å²) in [6.45, 7) is 1.64. The molecule has 0 fully saturated rings. The highest BCUT2D eigenvalue weighted by molar-refractivity contribution is 6.31. The third kappa shape index (κ3) is 4.21. The summed E-state index contributed by atoms with van der Waals surface area (Å²) < 4.78 is 19.8. The van der Waals surface area contributed by atoms with Crippen molar-refractivity contribution >= 4 is 23.2 Å². The summed E-state index contributed by atoms with van der Waals surface area (Å²) in [6.07, 6.45) is 0. The van der Waals surface area contributed by atoms with Gasteiger partial charge in [-0.25, -0.2) is 4.39 Å². The Kier molecular flexibility index (Phi) is 5.54. The zero-order valence-corrected chi connectivity index (χ0v) is 14.9. The van der Waals surface area contributed by atoms with Gasteiger partial charge in [-0.15, -0.1) is 0 Å². The van der Waals surface area contributed by atoms with Gasteiger partial charge in [0, 0.05) is 18.0 Å². The molecular weight excluding hydrogens is 353 g/mol. The Bertz CT molecular complexity index is 915. The zero-order valence-electron chi connectivity index (χ0n) is 14.2. The molecule has 0 saturated carbocycles. The topological polar surface area (TPSA) is 29.5 Å². The second kappa shape index (κ2) is 8.02. The summed E-state index contributed by atoms with van der Waals surface area (Å²) in [4.78, 5) is 13.7.